The fraction of sp³-hybridized carbons (Fsp3) is 0.194. The maximum absolute atomic E-state index is 13.8. The molecule has 0 bridgehead atoms. The molecule has 21 nitrogen and oxygen atoms in total. The minimum atomic E-state index is -4.36. The summed E-state index contributed by atoms with van der Waals surface area (Å²) in [5.74, 6) is 1.86. The number of amides is 6. The summed E-state index contributed by atoms with van der Waals surface area (Å²) in [7, 11) is 5.59. The van der Waals surface area contributed by atoms with Crippen molar-refractivity contribution >= 4 is 131 Å². The SMILES string of the molecule is CCOc1ccc(N2C(=O)N(c3ccc4nn(C)cc4c3)Cc3nnc(OCC)cc32)cc1.CCOc1ccc2c(c1)N(c1ccc(Cl)cc1)C(=O)N(c1ccc3nn(C)cc3c1)C2.Cn1cc2cc(N3Cc4ccc(NCC(F)(F)F)cc4N(c4ccc(Cl)cc4)C3=O)ccc2n1. The molecule has 98 heavy (non-hydrogen) atoms. The van der Waals surface area contributed by atoms with E-state index in [2.05, 4.69) is 30.8 Å². The van der Waals surface area contributed by atoms with Crippen molar-refractivity contribution < 1.29 is 41.8 Å². The maximum Gasteiger partial charge on any atom is 0.405 e. The van der Waals surface area contributed by atoms with Gasteiger partial charge in [0.05, 0.1) is 90.1 Å². The highest BCUT2D eigenvalue weighted by molar-refractivity contribution is 6.31. The molecule has 12 aromatic rings. The Hall–Kier alpha value is -11.4. The van der Waals surface area contributed by atoms with Crippen LogP contribution in [0.2, 0.25) is 10.0 Å². The Balaban J connectivity index is 0.000000132. The Morgan fingerprint density at radius 1 is 0.439 bits per heavy atom. The van der Waals surface area contributed by atoms with Crippen LogP contribution in [0.15, 0.2) is 188 Å². The second kappa shape index (κ2) is 27.4. The zero-order chi connectivity index (χ0) is 68.5. The molecular formula is C72H64Cl2F3N15O6. The first-order valence-corrected chi connectivity index (χ1v) is 32.1. The van der Waals surface area contributed by atoms with Crippen LogP contribution in [0.25, 0.3) is 32.7 Å². The summed E-state index contributed by atoms with van der Waals surface area (Å²) >= 11 is 12.1. The van der Waals surface area contributed by atoms with Crippen LogP contribution in [0.4, 0.5) is 84.4 Å². The molecule has 3 aliphatic rings. The van der Waals surface area contributed by atoms with Gasteiger partial charge in [-0.2, -0.15) is 28.5 Å². The average Bonchev–Trinajstić information content (AvgIpc) is 0.996. The minimum Gasteiger partial charge on any atom is -0.494 e. The standard InChI is InChI=1S/C24H19ClF3N5O.C24H21ClN4O2.C24H24N6O3/c1-31-12-16-10-20(8-9-21(16)30-31)32-13-15-2-5-18(29-14-24(26,27)28)11-22(15)33(23(32)34)19-6-3-17(25)4-7-19;1-3-31-21-10-4-16-15-28(20-9-11-22-17(12-20)14-27(2)26-22)24(30)29(23(16)13-21)19-7-5-18(25)6-8-19;1-4-32-19-9-6-17(7-10-19)30-22-13-23(33-5-2)26-25-21(22)15-29(24(30)31)18-8-11-20-16(12-18)14-28(3)27-20/h2-12,29H,13-14H2,1H3;4-14H,3,15H2,1-2H3;6-14H,4-5,15H2,1-3H3. The van der Waals surface area contributed by atoms with Gasteiger partial charge < -0.3 is 19.5 Å². The Bertz CT molecular complexity index is 4970. The van der Waals surface area contributed by atoms with Crippen LogP contribution < -0.4 is 48.9 Å². The number of alkyl halides is 3. The molecular weight excluding hydrogens is 1300 g/mol. The van der Waals surface area contributed by atoms with Gasteiger partial charge in [0.2, 0.25) is 5.88 Å². The predicted molar refractivity (Wildman–Crippen MR) is 376 cm³/mol. The third kappa shape index (κ3) is 13.7. The van der Waals surface area contributed by atoms with Gasteiger partial charge in [0.15, 0.2) is 0 Å². The maximum atomic E-state index is 13.8. The summed E-state index contributed by atoms with van der Waals surface area (Å²) in [6.07, 6.45) is 1.40. The molecule has 26 heteroatoms. The quantitative estimate of drug-likeness (QED) is 0.109. The van der Waals surface area contributed by atoms with Gasteiger partial charge in [-0.15, -0.1) is 10.2 Å². The predicted octanol–water partition coefficient (Wildman–Crippen LogP) is 16.8. The summed E-state index contributed by atoms with van der Waals surface area (Å²) in [5, 5.41) is 28.1. The van der Waals surface area contributed by atoms with Gasteiger partial charge in [-0.05, 0) is 177 Å². The molecule has 498 valence electrons. The third-order valence-electron chi connectivity index (χ3n) is 16.3. The number of nitrogens with one attached hydrogen (secondary N) is 1. The van der Waals surface area contributed by atoms with Crippen molar-refractivity contribution in [2.45, 2.75) is 46.6 Å². The number of carbonyl (C=O) groups excluding carboxylic acids is 3. The van der Waals surface area contributed by atoms with Gasteiger partial charge in [0.25, 0.3) is 0 Å². The van der Waals surface area contributed by atoms with E-state index in [1.807, 2.05) is 170 Å². The van der Waals surface area contributed by atoms with Crippen molar-refractivity contribution in [1.82, 2.24) is 39.5 Å². The van der Waals surface area contributed by atoms with E-state index in [0.29, 0.717) is 83.0 Å². The zero-order valence-electron chi connectivity index (χ0n) is 53.9. The smallest absolute Gasteiger partial charge is 0.405 e. The van der Waals surface area contributed by atoms with Crippen LogP contribution in [0.3, 0.4) is 0 Å². The number of nitrogens with zero attached hydrogens (tertiary/aromatic N) is 14. The summed E-state index contributed by atoms with van der Waals surface area (Å²) in [6.45, 7) is 7.22. The molecule has 0 atom stereocenters. The van der Waals surface area contributed by atoms with E-state index in [4.69, 9.17) is 37.4 Å². The van der Waals surface area contributed by atoms with E-state index in [1.54, 1.807) is 99.2 Å². The van der Waals surface area contributed by atoms with E-state index in [0.717, 1.165) is 78.1 Å². The molecule has 4 aromatic heterocycles. The van der Waals surface area contributed by atoms with Crippen LogP contribution in [-0.4, -0.2) is 90.2 Å². The summed E-state index contributed by atoms with van der Waals surface area (Å²) in [5.41, 5.74) is 11.6. The van der Waals surface area contributed by atoms with Crippen molar-refractivity contribution in [3.05, 3.63) is 215 Å². The van der Waals surface area contributed by atoms with Crippen molar-refractivity contribution in [3.8, 4) is 17.4 Å². The molecule has 3 aliphatic heterocycles. The first kappa shape index (κ1) is 65.3. The van der Waals surface area contributed by atoms with Crippen molar-refractivity contribution in [2.75, 3.05) is 61.1 Å². The molecule has 1 N–H and O–H groups in total. The van der Waals surface area contributed by atoms with E-state index < -0.39 is 12.7 Å². The van der Waals surface area contributed by atoms with E-state index in [9.17, 15) is 27.6 Å². The van der Waals surface area contributed by atoms with E-state index >= 15 is 0 Å². The topological polar surface area (TPSA) is 190 Å². The first-order chi connectivity index (χ1) is 47.3. The molecule has 0 unspecified atom stereocenters. The number of fused-ring (bicyclic) bond motifs is 6. The summed E-state index contributed by atoms with van der Waals surface area (Å²) in [4.78, 5) is 51.3. The lowest BCUT2D eigenvalue weighted by Crippen LogP contribution is -2.45. The number of hydrogen-bond donors (Lipinski definition) is 1. The highest BCUT2D eigenvalue weighted by atomic mass is 35.5. The second-order valence-corrected chi connectivity index (χ2v) is 24.0. The van der Waals surface area contributed by atoms with Gasteiger partial charge >= 0.3 is 24.3 Å². The van der Waals surface area contributed by atoms with Gasteiger partial charge in [-0.25, -0.2) is 14.4 Å². The molecule has 0 radical (unpaired) electrons. The number of ether oxygens (including phenoxy) is 3. The van der Waals surface area contributed by atoms with Crippen LogP contribution in [0.5, 0.6) is 17.4 Å². The number of carbonyl (C=O) groups is 3. The lowest BCUT2D eigenvalue weighted by Gasteiger charge is -2.37. The summed E-state index contributed by atoms with van der Waals surface area (Å²) in [6, 6.07) is 50.6. The molecule has 0 aliphatic carbocycles. The molecule has 0 spiro atoms. The van der Waals surface area contributed by atoms with E-state index in [1.165, 1.54) is 4.90 Å². The number of rotatable bonds is 14. The van der Waals surface area contributed by atoms with Crippen LogP contribution in [-0.2, 0) is 40.8 Å². The number of aryl methyl sites for hydroxylation is 3. The Morgan fingerprint density at radius 2 is 0.837 bits per heavy atom. The number of benzene rings is 8. The fourth-order valence-electron chi connectivity index (χ4n) is 11.9. The number of halogens is 5. The van der Waals surface area contributed by atoms with Crippen LogP contribution in [0, 0.1) is 0 Å². The molecule has 6 amide bonds. The minimum absolute atomic E-state index is 0.133. The first-order valence-electron chi connectivity index (χ1n) is 31.4. The number of hydrogen-bond acceptors (Lipinski definition) is 12. The lowest BCUT2D eigenvalue weighted by molar-refractivity contribution is -0.115. The Labute approximate surface area is 570 Å². The number of urea groups is 3. The van der Waals surface area contributed by atoms with Gasteiger partial charge in [0, 0.05) is 101 Å². The highest BCUT2D eigenvalue weighted by Crippen LogP contribution is 2.43. The van der Waals surface area contributed by atoms with Crippen molar-refractivity contribution in [2.24, 2.45) is 21.1 Å². The van der Waals surface area contributed by atoms with Gasteiger partial charge in [-0.3, -0.25) is 43.4 Å². The van der Waals surface area contributed by atoms with Crippen LogP contribution in [0.1, 0.15) is 37.6 Å². The molecule has 8 aromatic carbocycles. The molecule has 0 saturated carbocycles. The van der Waals surface area contributed by atoms with Gasteiger partial charge in [0.1, 0.15) is 23.7 Å². The number of aromatic nitrogens is 8. The average molecular weight is 1360 g/mol. The van der Waals surface area contributed by atoms with E-state index in [-0.39, 0.29) is 30.3 Å². The third-order valence-corrected chi connectivity index (χ3v) is 16.8. The number of anilines is 10. The zero-order valence-corrected chi connectivity index (χ0v) is 55.5. The molecule has 7 heterocycles. The normalized spacial score (nSPS) is 13.6. The largest absolute Gasteiger partial charge is 0.494 e. The van der Waals surface area contributed by atoms with Crippen molar-refractivity contribution in [1.29, 1.82) is 0 Å². The van der Waals surface area contributed by atoms with Crippen LogP contribution >= 0.6 is 23.2 Å². The second-order valence-electron chi connectivity index (χ2n) is 23.1. The molecule has 0 saturated heterocycles. The molecule has 0 fully saturated rings. The lowest BCUT2D eigenvalue weighted by atomic mass is 10.1. The Morgan fingerprint density at radius 3 is 1.30 bits per heavy atom. The highest BCUT2D eigenvalue weighted by Gasteiger charge is 2.37. The fourth-order valence-corrected chi connectivity index (χ4v) is 12.2. The Kier molecular flexibility index (Phi) is 18.3. The summed E-state index contributed by atoms with van der Waals surface area (Å²) < 4.78 is 60.2. The van der Waals surface area contributed by atoms with Crippen molar-refractivity contribution in [3.63, 3.8) is 0 Å². The monoisotopic (exact) mass is 1360 g/mol. The van der Waals surface area contributed by atoms with Gasteiger partial charge in [-0.1, -0.05) is 35.3 Å². The molecule has 15 rings (SSSR count).